The highest BCUT2D eigenvalue weighted by Gasteiger charge is 2.28. The predicted molar refractivity (Wildman–Crippen MR) is 134 cm³/mol. The van der Waals surface area contributed by atoms with Gasteiger partial charge in [-0.2, -0.15) is 0 Å². The minimum Gasteiger partial charge on any atom is -0.493 e. The number of ether oxygens (including phenoxy) is 3. The van der Waals surface area contributed by atoms with Crippen molar-refractivity contribution in [3.05, 3.63) is 89.5 Å². The third-order valence-electron chi connectivity index (χ3n) is 6.53. The Morgan fingerprint density at radius 1 is 0.706 bits per heavy atom. The lowest BCUT2D eigenvalue weighted by Crippen LogP contribution is -2.48. The topological polar surface area (TPSA) is 54.4 Å². The fourth-order valence-corrected chi connectivity index (χ4v) is 4.82. The van der Waals surface area contributed by atoms with Gasteiger partial charge in [-0.1, -0.05) is 60.7 Å². The lowest BCUT2D eigenvalue weighted by molar-refractivity contribution is 0.0611. The Hall–Kier alpha value is -3.06. The number of rotatable bonds is 9. The average molecular weight is 463 g/mol. The van der Waals surface area contributed by atoms with Crippen LogP contribution in [-0.2, 0) is 0 Å². The Morgan fingerprint density at radius 2 is 1.26 bits per heavy atom. The van der Waals surface area contributed by atoms with Crippen molar-refractivity contribution in [1.82, 2.24) is 9.80 Å². The molecule has 1 fully saturated rings. The van der Waals surface area contributed by atoms with Crippen LogP contribution in [0.25, 0.3) is 0 Å². The quantitative estimate of drug-likeness (QED) is 0.516. The van der Waals surface area contributed by atoms with E-state index < -0.39 is 6.10 Å². The van der Waals surface area contributed by atoms with E-state index in [2.05, 4.69) is 70.5 Å². The van der Waals surface area contributed by atoms with Gasteiger partial charge in [0, 0.05) is 38.3 Å². The van der Waals surface area contributed by atoms with Crippen LogP contribution in [0.5, 0.6) is 17.2 Å². The molecule has 1 N–H and O–H groups in total. The molecule has 0 bridgehead atoms. The van der Waals surface area contributed by atoms with Gasteiger partial charge in [-0.25, -0.2) is 0 Å². The monoisotopic (exact) mass is 462 g/mol. The first kappa shape index (κ1) is 24.1. The molecule has 0 saturated carbocycles. The molecule has 0 spiro atoms. The van der Waals surface area contributed by atoms with Crippen molar-refractivity contribution >= 4 is 0 Å². The highest BCUT2D eigenvalue weighted by atomic mass is 16.5. The Balaban J connectivity index is 1.46. The molecule has 0 aromatic heterocycles. The Morgan fingerprint density at radius 3 is 1.76 bits per heavy atom. The molecule has 1 aliphatic rings. The first-order valence-electron chi connectivity index (χ1n) is 11.7. The molecular weight excluding hydrogens is 428 g/mol. The largest absolute Gasteiger partial charge is 0.493 e. The second-order valence-electron chi connectivity index (χ2n) is 8.50. The Bertz CT molecular complexity index is 998. The van der Waals surface area contributed by atoms with Gasteiger partial charge in [-0.3, -0.25) is 9.80 Å². The Labute approximate surface area is 202 Å². The molecular formula is C28H34N2O4. The summed E-state index contributed by atoms with van der Waals surface area (Å²) in [6, 6.07) is 25.2. The van der Waals surface area contributed by atoms with Crippen molar-refractivity contribution in [2.45, 2.75) is 12.1 Å². The lowest BCUT2D eigenvalue weighted by Gasteiger charge is -2.40. The van der Waals surface area contributed by atoms with E-state index in [0.29, 0.717) is 29.4 Å². The zero-order valence-electron chi connectivity index (χ0n) is 20.2. The van der Waals surface area contributed by atoms with Gasteiger partial charge in [0.15, 0.2) is 11.5 Å². The lowest BCUT2D eigenvalue weighted by atomic mass is 9.96. The number of hydrogen-bond donors (Lipinski definition) is 1. The highest BCUT2D eigenvalue weighted by molar-refractivity contribution is 5.56. The molecule has 1 atom stereocenters. The molecule has 34 heavy (non-hydrogen) atoms. The number of aliphatic hydroxyl groups is 1. The molecule has 0 radical (unpaired) electrons. The molecule has 180 valence electrons. The van der Waals surface area contributed by atoms with Crippen molar-refractivity contribution in [2.24, 2.45) is 0 Å². The van der Waals surface area contributed by atoms with Crippen molar-refractivity contribution in [3.8, 4) is 17.2 Å². The molecule has 6 heteroatoms. The molecule has 1 unspecified atom stereocenters. The van der Waals surface area contributed by atoms with Gasteiger partial charge in [-0.15, -0.1) is 0 Å². The average Bonchev–Trinajstić information content (AvgIpc) is 2.90. The van der Waals surface area contributed by atoms with Crippen LogP contribution in [-0.4, -0.2) is 69.0 Å². The maximum absolute atomic E-state index is 11.1. The third-order valence-corrected chi connectivity index (χ3v) is 6.53. The van der Waals surface area contributed by atoms with Crippen molar-refractivity contribution < 1.29 is 19.3 Å². The van der Waals surface area contributed by atoms with Crippen molar-refractivity contribution in [1.29, 1.82) is 0 Å². The van der Waals surface area contributed by atoms with Crippen molar-refractivity contribution in [3.63, 3.8) is 0 Å². The fourth-order valence-electron chi connectivity index (χ4n) is 4.82. The van der Waals surface area contributed by atoms with Crippen LogP contribution >= 0.6 is 0 Å². The summed E-state index contributed by atoms with van der Waals surface area (Å²) in [7, 11) is 4.75. The van der Waals surface area contributed by atoms with E-state index >= 15 is 0 Å². The summed E-state index contributed by atoms with van der Waals surface area (Å²) in [5, 5.41) is 11.1. The van der Waals surface area contributed by atoms with Gasteiger partial charge in [0.05, 0.1) is 33.5 Å². The van der Waals surface area contributed by atoms with E-state index in [0.717, 1.165) is 26.2 Å². The number of piperazine rings is 1. The summed E-state index contributed by atoms with van der Waals surface area (Å²) in [5.41, 5.74) is 3.31. The van der Waals surface area contributed by atoms with Gasteiger partial charge in [0.1, 0.15) is 0 Å². The maximum atomic E-state index is 11.1. The first-order valence-corrected chi connectivity index (χ1v) is 11.7. The van der Waals surface area contributed by atoms with Crippen molar-refractivity contribution in [2.75, 3.05) is 54.1 Å². The SMILES string of the molecule is COc1ccc(C(O)CN2CCN(C(c3ccccc3)c3ccccc3)CC2)c(OC)c1OC. The van der Waals surface area contributed by atoms with Crippen LogP contribution in [0.4, 0.5) is 0 Å². The summed E-state index contributed by atoms with van der Waals surface area (Å²) in [4.78, 5) is 4.84. The number of nitrogens with zero attached hydrogens (tertiary/aromatic N) is 2. The summed E-state index contributed by atoms with van der Waals surface area (Å²) < 4.78 is 16.4. The van der Waals surface area contributed by atoms with Gasteiger partial charge < -0.3 is 19.3 Å². The van der Waals surface area contributed by atoms with E-state index in [9.17, 15) is 5.11 Å². The standard InChI is InChI=1S/C28H34N2O4/c1-32-25-15-14-23(27(33-2)28(25)34-3)24(31)20-29-16-18-30(19-17-29)26(21-10-6-4-7-11-21)22-12-8-5-9-13-22/h4-15,24,26,31H,16-20H2,1-3H3. The Kier molecular flexibility index (Phi) is 8.06. The van der Waals surface area contributed by atoms with E-state index in [4.69, 9.17) is 14.2 Å². The van der Waals surface area contributed by atoms with Crippen LogP contribution in [0.2, 0.25) is 0 Å². The number of benzene rings is 3. The number of β-amino-alcohol motifs (C(OH)–C–C–N with tert-alkyl or cyclic N) is 1. The van der Waals surface area contributed by atoms with E-state index in [1.807, 2.05) is 12.1 Å². The zero-order chi connectivity index (χ0) is 23.9. The third kappa shape index (κ3) is 5.20. The summed E-state index contributed by atoms with van der Waals surface area (Å²) in [6.07, 6.45) is -0.694. The fraction of sp³-hybridized carbons (Fsp3) is 0.357. The number of methoxy groups -OCH3 is 3. The predicted octanol–water partition coefficient (Wildman–Crippen LogP) is 4.15. The van der Waals surface area contributed by atoms with Crippen LogP contribution in [0.1, 0.15) is 28.8 Å². The van der Waals surface area contributed by atoms with Gasteiger partial charge in [0.25, 0.3) is 0 Å². The highest BCUT2D eigenvalue weighted by Crippen LogP contribution is 2.42. The van der Waals surface area contributed by atoms with Crippen LogP contribution < -0.4 is 14.2 Å². The summed E-state index contributed by atoms with van der Waals surface area (Å²) >= 11 is 0. The maximum Gasteiger partial charge on any atom is 0.203 e. The first-order chi connectivity index (χ1) is 16.7. The molecule has 0 aliphatic carbocycles. The molecule has 1 heterocycles. The second-order valence-corrected chi connectivity index (χ2v) is 8.50. The minimum atomic E-state index is -0.694. The van der Waals surface area contributed by atoms with Gasteiger partial charge >= 0.3 is 0 Å². The molecule has 3 aromatic carbocycles. The second kappa shape index (κ2) is 11.4. The molecule has 6 nitrogen and oxygen atoms in total. The number of aliphatic hydroxyl groups excluding tert-OH is 1. The van der Waals surface area contributed by atoms with Gasteiger partial charge in [-0.05, 0) is 23.3 Å². The van der Waals surface area contributed by atoms with Gasteiger partial charge in [0.2, 0.25) is 5.75 Å². The molecule has 4 rings (SSSR count). The van der Waals surface area contributed by atoms with E-state index in [1.165, 1.54) is 11.1 Å². The molecule has 0 amide bonds. The summed E-state index contributed by atoms with van der Waals surface area (Å²) in [5.74, 6) is 1.60. The van der Waals surface area contributed by atoms with Crippen LogP contribution in [0.3, 0.4) is 0 Å². The molecule has 3 aromatic rings. The van der Waals surface area contributed by atoms with E-state index in [1.54, 1.807) is 21.3 Å². The van der Waals surface area contributed by atoms with Crippen LogP contribution in [0.15, 0.2) is 72.8 Å². The zero-order valence-corrected chi connectivity index (χ0v) is 20.2. The summed E-state index contributed by atoms with van der Waals surface area (Å²) in [6.45, 7) is 4.13. The molecule has 1 aliphatic heterocycles. The normalized spacial score (nSPS) is 15.8. The van der Waals surface area contributed by atoms with E-state index in [-0.39, 0.29) is 6.04 Å². The molecule has 1 saturated heterocycles. The van der Waals surface area contributed by atoms with Crippen LogP contribution in [0, 0.1) is 0 Å². The smallest absolute Gasteiger partial charge is 0.203 e. The minimum absolute atomic E-state index is 0.223. The number of hydrogen-bond acceptors (Lipinski definition) is 6.